The fourth-order valence-corrected chi connectivity index (χ4v) is 14.5. The van der Waals surface area contributed by atoms with Crippen molar-refractivity contribution in [1.29, 1.82) is 0 Å². The van der Waals surface area contributed by atoms with Crippen LogP contribution in [-0.4, -0.2) is 38.9 Å². The number of amides is 2. The highest BCUT2D eigenvalue weighted by atomic mass is 127. The zero-order valence-electron chi connectivity index (χ0n) is 21.3. The molecule has 0 aliphatic heterocycles. The van der Waals surface area contributed by atoms with E-state index in [0.717, 1.165) is 0 Å². The first-order valence-electron chi connectivity index (χ1n) is 11.5. The number of halogens is 10. The summed E-state index contributed by atoms with van der Waals surface area (Å²) in [7, 11) is 0. The summed E-state index contributed by atoms with van der Waals surface area (Å²) in [5, 5.41) is 1.55. The zero-order chi connectivity index (χ0) is 33.9. The lowest BCUT2D eigenvalue weighted by Gasteiger charge is -2.22. The molecule has 0 bridgehead atoms. The Hall–Kier alpha value is 0.780. The lowest BCUT2D eigenvalue weighted by Crippen LogP contribution is -2.41. The maximum Gasteiger partial charge on any atom is 0.263 e. The van der Waals surface area contributed by atoms with Crippen molar-refractivity contribution in [2.45, 2.75) is 12.7 Å². The van der Waals surface area contributed by atoms with E-state index in [1.807, 2.05) is 0 Å². The highest BCUT2D eigenvalue weighted by Crippen LogP contribution is 2.39. The van der Waals surface area contributed by atoms with Crippen LogP contribution in [-0.2, 0) is 20.9 Å². The van der Waals surface area contributed by atoms with Crippen LogP contribution in [0, 0.1) is 21.4 Å². The van der Waals surface area contributed by atoms with Crippen molar-refractivity contribution < 1.29 is 33.5 Å². The van der Waals surface area contributed by atoms with E-state index in [9.17, 15) is 28.8 Å². The van der Waals surface area contributed by atoms with Crippen molar-refractivity contribution in [3.8, 4) is 0 Å². The summed E-state index contributed by atoms with van der Waals surface area (Å²) in [5.74, 6) is -1.97. The molecule has 3 aromatic rings. The van der Waals surface area contributed by atoms with Crippen LogP contribution >= 0.6 is 182 Å². The topological polar surface area (TPSA) is 136 Å². The van der Waals surface area contributed by atoms with Crippen molar-refractivity contribution in [3.05, 3.63) is 79.6 Å². The van der Waals surface area contributed by atoms with E-state index in [2.05, 4.69) is 10.6 Å². The van der Waals surface area contributed by atoms with Crippen LogP contribution in [0.3, 0.4) is 0 Å². The van der Waals surface area contributed by atoms with Crippen LogP contribution in [0.15, 0.2) is 30.3 Å². The minimum Gasteiger partial charge on any atom is -0.354 e. The standard InChI is InChI=1S/C26H10Cl4I6N2O7/c27-21(39)8-12(31)9(22(28)40)15(34)18(14(8)33)37-25(43)20(45-6-7-4-2-1-3-5-7)26(44)38-19-16(35)10(23(29)41)13(32)11(17(19)36)24(30)42/h1-5,20H,6H2,(H,37,43)(H,38,44). The molecule has 0 atom stereocenters. The van der Waals surface area contributed by atoms with Gasteiger partial charge in [0.1, 0.15) is 0 Å². The summed E-state index contributed by atoms with van der Waals surface area (Å²) >= 11 is 33.9. The molecule has 9 nitrogen and oxygen atoms in total. The number of nitrogens with one attached hydrogen (secondary N) is 2. The van der Waals surface area contributed by atoms with E-state index in [4.69, 9.17) is 51.1 Å². The largest absolute Gasteiger partial charge is 0.354 e. The van der Waals surface area contributed by atoms with E-state index in [1.165, 1.54) is 0 Å². The Morgan fingerprint density at radius 1 is 0.556 bits per heavy atom. The molecule has 3 rings (SSSR count). The molecule has 2 N–H and O–H groups in total. The van der Waals surface area contributed by atoms with Crippen molar-refractivity contribution in [3.63, 3.8) is 0 Å². The molecule has 0 radical (unpaired) electrons. The number of hydrogen-bond donors (Lipinski definition) is 2. The molecule has 3 aromatic carbocycles. The molecule has 2 amide bonds. The molecular formula is C26H10Cl4I6N2O7. The number of carbonyl (C=O) groups is 6. The maximum absolute atomic E-state index is 13.8. The Bertz CT molecular complexity index is 1600. The SMILES string of the molecule is O=C(Cl)c1c(I)c(NC(=O)C(OCc2ccccc2)C(=O)Nc2c(I)c(C(=O)Cl)c(I)c(C(=O)Cl)c2I)c(I)c(C(=O)Cl)c1I. The van der Waals surface area contributed by atoms with Gasteiger partial charge in [-0.1, -0.05) is 30.3 Å². The molecule has 45 heavy (non-hydrogen) atoms. The average molecular weight is 1370 g/mol. The molecule has 0 aromatic heterocycles. The Morgan fingerprint density at radius 2 is 0.867 bits per heavy atom. The summed E-state index contributed by atoms with van der Waals surface area (Å²) in [6.07, 6.45) is -1.85. The predicted octanol–water partition coefficient (Wildman–Crippen LogP) is 8.99. The number of rotatable bonds is 11. The quantitative estimate of drug-likeness (QED) is 0.111. The van der Waals surface area contributed by atoms with Gasteiger partial charge in [-0.05, 0) is 188 Å². The monoisotopic (exact) mass is 1360 g/mol. The van der Waals surface area contributed by atoms with Crippen LogP contribution in [0.2, 0.25) is 0 Å². The van der Waals surface area contributed by atoms with E-state index in [-0.39, 0.29) is 61.7 Å². The van der Waals surface area contributed by atoms with Gasteiger partial charge < -0.3 is 15.4 Å². The molecule has 0 spiro atoms. The number of carbonyl (C=O) groups excluding carboxylic acids is 6. The fraction of sp³-hybridized carbons (Fsp3) is 0.0769. The van der Waals surface area contributed by atoms with Crippen LogP contribution in [0.25, 0.3) is 0 Å². The second kappa shape index (κ2) is 17.6. The van der Waals surface area contributed by atoms with Crippen LogP contribution in [0.5, 0.6) is 0 Å². The summed E-state index contributed by atoms with van der Waals surface area (Å²) in [5.41, 5.74) is 0.367. The molecule has 0 fully saturated rings. The first-order chi connectivity index (χ1) is 21.0. The molecule has 0 unspecified atom stereocenters. The molecule has 0 aliphatic carbocycles. The van der Waals surface area contributed by atoms with Crippen molar-refractivity contribution in [2.24, 2.45) is 0 Å². The average Bonchev–Trinajstić information content (AvgIpc) is 2.93. The molecule has 0 aliphatic rings. The lowest BCUT2D eigenvalue weighted by atomic mass is 10.1. The van der Waals surface area contributed by atoms with E-state index >= 15 is 0 Å². The summed E-state index contributed by atoms with van der Waals surface area (Å²) < 4.78 is 6.94. The first kappa shape index (κ1) is 40.2. The van der Waals surface area contributed by atoms with Gasteiger partial charge in [-0.3, -0.25) is 28.8 Å². The lowest BCUT2D eigenvalue weighted by molar-refractivity contribution is -0.140. The van der Waals surface area contributed by atoms with Gasteiger partial charge >= 0.3 is 0 Å². The Kier molecular flexibility index (Phi) is 15.8. The highest BCUT2D eigenvalue weighted by Gasteiger charge is 2.34. The van der Waals surface area contributed by atoms with Gasteiger partial charge in [0.15, 0.2) is 0 Å². The van der Waals surface area contributed by atoms with Gasteiger partial charge in [0.25, 0.3) is 32.8 Å². The van der Waals surface area contributed by atoms with Crippen molar-refractivity contribution >= 4 is 226 Å². The van der Waals surface area contributed by atoms with Crippen LogP contribution in [0.4, 0.5) is 11.4 Å². The van der Waals surface area contributed by atoms with E-state index < -0.39 is 38.9 Å². The third kappa shape index (κ3) is 9.32. The van der Waals surface area contributed by atoms with Gasteiger partial charge in [0, 0.05) is 7.14 Å². The highest BCUT2D eigenvalue weighted by molar-refractivity contribution is 14.1. The van der Waals surface area contributed by atoms with Crippen LogP contribution < -0.4 is 10.6 Å². The second-order valence-electron chi connectivity index (χ2n) is 8.38. The van der Waals surface area contributed by atoms with Crippen molar-refractivity contribution in [1.82, 2.24) is 0 Å². The molecule has 236 valence electrons. The number of ether oxygens (including phenoxy) is 1. The van der Waals surface area contributed by atoms with E-state index in [1.54, 1.807) is 166 Å². The van der Waals surface area contributed by atoms with Gasteiger partial charge in [0.05, 0.1) is 54.5 Å². The van der Waals surface area contributed by atoms with Gasteiger partial charge in [-0.25, -0.2) is 0 Å². The summed E-state index contributed by atoms with van der Waals surface area (Å²) in [6.45, 7) is -0.179. The molecule has 19 heteroatoms. The van der Waals surface area contributed by atoms with Gasteiger partial charge in [-0.15, -0.1) is 0 Å². The Balaban J connectivity index is 2.14. The Morgan fingerprint density at radius 3 is 1.16 bits per heavy atom. The second-order valence-corrected chi connectivity index (χ2v) is 16.2. The summed E-state index contributed by atoms with van der Waals surface area (Å²) in [6, 6.07) is 8.70. The number of hydrogen-bond acceptors (Lipinski definition) is 7. The molecule has 0 heterocycles. The van der Waals surface area contributed by atoms with E-state index in [0.29, 0.717) is 5.56 Å². The molecular weight excluding hydrogens is 1360 g/mol. The minimum atomic E-state index is -1.85. The summed E-state index contributed by atoms with van der Waals surface area (Å²) in [4.78, 5) is 76.7. The smallest absolute Gasteiger partial charge is 0.263 e. The maximum atomic E-state index is 13.8. The Labute approximate surface area is 356 Å². The zero-order valence-corrected chi connectivity index (χ0v) is 37.3. The third-order valence-corrected chi connectivity index (χ3v) is 12.9. The van der Waals surface area contributed by atoms with Gasteiger partial charge in [0.2, 0.25) is 6.10 Å². The molecule has 0 saturated carbocycles. The molecule has 0 saturated heterocycles. The normalized spacial score (nSPS) is 10.9. The fourth-order valence-electron chi connectivity index (χ4n) is 3.64. The number of benzene rings is 3. The number of anilines is 2. The predicted molar refractivity (Wildman–Crippen MR) is 222 cm³/mol. The first-order valence-corrected chi connectivity index (χ1v) is 19.5. The van der Waals surface area contributed by atoms with Crippen LogP contribution in [0.1, 0.15) is 47.0 Å². The van der Waals surface area contributed by atoms with Gasteiger partial charge in [-0.2, -0.15) is 0 Å². The minimum absolute atomic E-state index is 0.000742. The third-order valence-electron chi connectivity index (χ3n) is 5.65. The van der Waals surface area contributed by atoms with Crippen molar-refractivity contribution in [2.75, 3.05) is 10.6 Å².